The lowest BCUT2D eigenvalue weighted by Gasteiger charge is -2.23. The van der Waals surface area contributed by atoms with Crippen LogP contribution in [0.5, 0.6) is 5.75 Å². The molecule has 206 valence electrons. The Labute approximate surface area is 242 Å². The fraction of sp³-hybridized carbons (Fsp3) is 0.233. The fourth-order valence-electron chi connectivity index (χ4n) is 4.74. The highest BCUT2D eigenvalue weighted by Gasteiger charge is 2.38. The molecule has 0 saturated carbocycles. The van der Waals surface area contributed by atoms with Crippen LogP contribution in [0.1, 0.15) is 16.4 Å². The summed E-state index contributed by atoms with van der Waals surface area (Å²) in [7, 11) is 3.20. The zero-order valence-electron chi connectivity index (χ0n) is 22.2. The van der Waals surface area contributed by atoms with Gasteiger partial charge in [0.05, 0.1) is 41.1 Å². The minimum Gasteiger partial charge on any atom is -0.496 e. The molecule has 1 aliphatic heterocycles. The highest BCUT2D eigenvalue weighted by Crippen LogP contribution is 2.50. The van der Waals surface area contributed by atoms with E-state index in [1.54, 1.807) is 25.0 Å². The summed E-state index contributed by atoms with van der Waals surface area (Å²) < 4.78 is 12.5. The van der Waals surface area contributed by atoms with E-state index in [2.05, 4.69) is 5.32 Å². The van der Waals surface area contributed by atoms with E-state index in [0.717, 1.165) is 16.7 Å². The number of nitrogens with zero attached hydrogens (tertiary/aromatic N) is 3. The van der Waals surface area contributed by atoms with Crippen molar-refractivity contribution >= 4 is 41.0 Å². The van der Waals surface area contributed by atoms with Crippen molar-refractivity contribution in [2.24, 2.45) is 0 Å². The van der Waals surface area contributed by atoms with E-state index < -0.39 is 0 Å². The van der Waals surface area contributed by atoms with E-state index in [0.29, 0.717) is 41.1 Å². The second-order valence-corrected chi connectivity index (χ2v) is 10.6. The van der Waals surface area contributed by atoms with Gasteiger partial charge in [-0.3, -0.25) is 14.5 Å². The topological polar surface area (TPSA) is 85.7 Å². The molecule has 3 aromatic carbocycles. The van der Waals surface area contributed by atoms with E-state index in [9.17, 15) is 9.59 Å². The Bertz CT molecular complexity index is 1510. The van der Waals surface area contributed by atoms with Crippen LogP contribution in [0.4, 0.5) is 5.82 Å². The summed E-state index contributed by atoms with van der Waals surface area (Å²) in [5.41, 5.74) is 3.88. The van der Waals surface area contributed by atoms with Gasteiger partial charge < -0.3 is 14.8 Å². The van der Waals surface area contributed by atoms with Crippen LogP contribution in [-0.4, -0.2) is 61.3 Å². The number of carbonyl (C=O) groups is 2. The molecule has 10 heteroatoms. The molecular weight excluding hydrogens is 548 g/mol. The molecule has 0 bridgehead atoms. The van der Waals surface area contributed by atoms with Crippen LogP contribution in [0.25, 0.3) is 16.9 Å². The summed E-state index contributed by atoms with van der Waals surface area (Å²) in [5.74, 6) is 0.844. The molecule has 2 heterocycles. The minimum atomic E-state index is -0.317. The van der Waals surface area contributed by atoms with Crippen LogP contribution in [-0.2, 0) is 14.3 Å². The summed E-state index contributed by atoms with van der Waals surface area (Å²) in [6.45, 7) is 0.521. The first kappa shape index (κ1) is 27.8. The minimum absolute atomic E-state index is 0.152. The molecule has 8 nitrogen and oxygen atoms in total. The Morgan fingerprint density at radius 3 is 2.52 bits per heavy atom. The first-order chi connectivity index (χ1) is 19.5. The van der Waals surface area contributed by atoms with Crippen LogP contribution in [0, 0.1) is 0 Å². The Kier molecular flexibility index (Phi) is 8.74. The lowest BCUT2D eigenvalue weighted by Crippen LogP contribution is -2.43. The number of carbonyl (C=O) groups excluding carboxylic acids is 2. The molecule has 1 aromatic heterocycles. The first-order valence-electron chi connectivity index (χ1n) is 12.8. The largest absolute Gasteiger partial charge is 0.496 e. The number of hydrogen-bond acceptors (Lipinski definition) is 6. The molecule has 2 amide bonds. The molecular formula is C30H29ClN4O4S. The van der Waals surface area contributed by atoms with Gasteiger partial charge in [0.25, 0.3) is 0 Å². The van der Waals surface area contributed by atoms with Crippen molar-refractivity contribution < 1.29 is 19.1 Å². The highest BCUT2D eigenvalue weighted by molar-refractivity contribution is 8.00. The van der Waals surface area contributed by atoms with E-state index in [1.807, 2.05) is 72.8 Å². The van der Waals surface area contributed by atoms with Gasteiger partial charge in [0.15, 0.2) is 0 Å². The number of methoxy groups -OCH3 is 2. The van der Waals surface area contributed by atoms with Gasteiger partial charge in [-0.25, -0.2) is 4.68 Å². The molecule has 40 heavy (non-hydrogen) atoms. The summed E-state index contributed by atoms with van der Waals surface area (Å²) in [4.78, 5) is 28.4. The van der Waals surface area contributed by atoms with Crippen LogP contribution in [0.3, 0.4) is 0 Å². The van der Waals surface area contributed by atoms with Crippen LogP contribution in [0.15, 0.2) is 78.9 Å². The summed E-state index contributed by atoms with van der Waals surface area (Å²) >= 11 is 8.17. The standard InChI is InChI=1S/C30H29ClN4O4S/c1-38-17-16-32-25(36)18-34-26(37)19-40-29(21-12-6-9-15-24(21)39-2)27-28(20-10-4-3-5-11-20)33-35(30(27)34)23-14-8-7-13-22(23)31/h3-15,29H,16-19H2,1-2H3,(H,32,36)/t29-/m1/s1. The smallest absolute Gasteiger partial charge is 0.240 e. The molecule has 4 aromatic rings. The average Bonchev–Trinajstić information content (AvgIpc) is 3.30. The molecule has 0 unspecified atom stereocenters. The summed E-state index contributed by atoms with van der Waals surface area (Å²) in [6.07, 6.45) is 0. The molecule has 1 aliphatic rings. The lowest BCUT2D eigenvalue weighted by atomic mass is 9.99. The number of rotatable bonds is 9. The van der Waals surface area contributed by atoms with E-state index >= 15 is 0 Å². The first-order valence-corrected chi connectivity index (χ1v) is 14.2. The zero-order valence-corrected chi connectivity index (χ0v) is 23.7. The molecule has 1 atom stereocenters. The molecule has 5 rings (SSSR count). The number of thioether (sulfide) groups is 1. The number of hydrogen-bond donors (Lipinski definition) is 1. The van der Waals surface area contributed by atoms with Crippen LogP contribution >= 0.6 is 23.4 Å². The number of ether oxygens (including phenoxy) is 2. The van der Waals surface area contributed by atoms with Crippen molar-refractivity contribution in [2.75, 3.05) is 44.6 Å². The Hall–Kier alpha value is -3.79. The Balaban J connectivity index is 1.78. The normalized spacial score (nSPS) is 14.9. The summed E-state index contributed by atoms with van der Waals surface area (Å²) in [6, 6.07) is 24.9. The van der Waals surface area contributed by atoms with Crippen molar-refractivity contribution in [3.63, 3.8) is 0 Å². The fourth-order valence-corrected chi connectivity index (χ4v) is 6.18. The van der Waals surface area contributed by atoms with Gasteiger partial charge in [-0.05, 0) is 18.2 Å². The third kappa shape index (κ3) is 5.58. The number of anilines is 1. The lowest BCUT2D eigenvalue weighted by molar-refractivity contribution is -0.123. The Morgan fingerprint density at radius 1 is 1.05 bits per heavy atom. The van der Waals surface area contributed by atoms with Gasteiger partial charge in [-0.1, -0.05) is 72.3 Å². The predicted molar refractivity (Wildman–Crippen MR) is 159 cm³/mol. The molecule has 0 fully saturated rings. The Morgan fingerprint density at radius 2 is 1.77 bits per heavy atom. The van der Waals surface area contributed by atoms with Crippen molar-refractivity contribution in [3.8, 4) is 22.7 Å². The third-order valence-electron chi connectivity index (χ3n) is 6.57. The number of halogens is 1. The van der Waals surface area contributed by atoms with E-state index in [1.165, 1.54) is 16.7 Å². The maximum atomic E-state index is 13.8. The van der Waals surface area contributed by atoms with Gasteiger partial charge in [-0.2, -0.15) is 5.10 Å². The molecule has 0 saturated heterocycles. The van der Waals surface area contributed by atoms with Crippen molar-refractivity contribution in [1.82, 2.24) is 15.1 Å². The van der Waals surface area contributed by atoms with Crippen LogP contribution in [0.2, 0.25) is 5.02 Å². The summed E-state index contributed by atoms with van der Waals surface area (Å²) in [5, 5.41) is 8.05. The molecule has 0 spiro atoms. The molecule has 1 N–H and O–H groups in total. The number of para-hydroxylation sites is 2. The van der Waals surface area contributed by atoms with Crippen molar-refractivity contribution in [3.05, 3.63) is 95.0 Å². The van der Waals surface area contributed by atoms with Gasteiger partial charge in [0.2, 0.25) is 11.8 Å². The number of aromatic nitrogens is 2. The third-order valence-corrected chi connectivity index (χ3v) is 8.12. The van der Waals surface area contributed by atoms with Crippen molar-refractivity contribution in [2.45, 2.75) is 5.25 Å². The quantitative estimate of drug-likeness (QED) is 0.278. The number of fused-ring (bicyclic) bond motifs is 1. The predicted octanol–water partition coefficient (Wildman–Crippen LogP) is 5.13. The number of amides is 2. The van der Waals surface area contributed by atoms with Gasteiger partial charge >= 0.3 is 0 Å². The van der Waals surface area contributed by atoms with Crippen LogP contribution < -0.4 is 15.0 Å². The maximum absolute atomic E-state index is 13.8. The van der Waals surface area contributed by atoms with Crippen molar-refractivity contribution in [1.29, 1.82) is 0 Å². The monoisotopic (exact) mass is 576 g/mol. The number of nitrogens with one attached hydrogen (secondary N) is 1. The van der Waals surface area contributed by atoms with Gasteiger partial charge in [0, 0.05) is 30.3 Å². The second-order valence-electron chi connectivity index (χ2n) is 9.07. The van der Waals surface area contributed by atoms with Gasteiger partial charge in [-0.15, -0.1) is 11.8 Å². The molecule has 0 radical (unpaired) electrons. The zero-order chi connectivity index (χ0) is 28.1. The average molecular weight is 577 g/mol. The highest BCUT2D eigenvalue weighted by atomic mass is 35.5. The second kappa shape index (κ2) is 12.6. The van der Waals surface area contributed by atoms with E-state index in [-0.39, 0.29) is 29.4 Å². The van der Waals surface area contributed by atoms with E-state index in [4.69, 9.17) is 26.2 Å². The van der Waals surface area contributed by atoms with Gasteiger partial charge in [0.1, 0.15) is 18.1 Å². The SMILES string of the molecule is COCCNC(=O)CN1C(=O)CS[C@H](c2ccccc2OC)c2c(-c3ccccc3)nn(-c3ccccc3Cl)c21. The number of benzene rings is 3. The maximum Gasteiger partial charge on any atom is 0.240 e. The molecule has 0 aliphatic carbocycles.